The van der Waals surface area contributed by atoms with Crippen LogP contribution >= 0.6 is 0 Å². The van der Waals surface area contributed by atoms with Crippen LogP contribution in [0.1, 0.15) is 53.9 Å². The van der Waals surface area contributed by atoms with E-state index in [-0.39, 0.29) is 25.0 Å². The van der Waals surface area contributed by atoms with Gasteiger partial charge in [-0.05, 0) is 52.9 Å². The molecule has 2 unspecified atom stereocenters. The largest absolute Gasteiger partial charge is 0.465 e. The number of hydrogen-bond donors (Lipinski definition) is 1. The average molecular weight is 324 g/mol. The molecule has 2 atom stereocenters. The second-order valence-corrected chi connectivity index (χ2v) is 6.96. The fraction of sp³-hybridized carbons (Fsp3) is 0.824. The highest BCUT2D eigenvalue weighted by Gasteiger charge is 2.57. The van der Waals surface area contributed by atoms with Crippen LogP contribution in [0.2, 0.25) is 0 Å². The summed E-state index contributed by atoms with van der Waals surface area (Å²) < 4.78 is 10.4. The maximum Gasteiger partial charge on any atom is 0.407 e. The maximum absolute atomic E-state index is 12.5. The van der Waals surface area contributed by atoms with Crippen molar-refractivity contribution in [1.29, 1.82) is 5.26 Å². The SMILES string of the molecule is CCOC(=O)C(C#N)(C1CC1)C(CC)CNC(=O)OC(C)(C)C. The van der Waals surface area contributed by atoms with Gasteiger partial charge in [0.2, 0.25) is 0 Å². The van der Waals surface area contributed by atoms with Gasteiger partial charge in [0.1, 0.15) is 5.60 Å². The zero-order valence-corrected chi connectivity index (χ0v) is 14.8. The van der Waals surface area contributed by atoms with Crippen molar-refractivity contribution in [2.75, 3.05) is 13.2 Å². The van der Waals surface area contributed by atoms with Crippen LogP contribution in [0.5, 0.6) is 0 Å². The van der Waals surface area contributed by atoms with E-state index in [0.29, 0.717) is 6.42 Å². The summed E-state index contributed by atoms with van der Waals surface area (Å²) in [7, 11) is 0. The highest BCUT2D eigenvalue weighted by molar-refractivity contribution is 5.81. The van der Waals surface area contributed by atoms with E-state index in [1.807, 2.05) is 6.92 Å². The lowest BCUT2D eigenvalue weighted by Crippen LogP contribution is -2.46. The Morgan fingerprint density at radius 2 is 1.91 bits per heavy atom. The lowest BCUT2D eigenvalue weighted by Gasteiger charge is -2.32. The summed E-state index contributed by atoms with van der Waals surface area (Å²) in [5.74, 6) is -0.758. The van der Waals surface area contributed by atoms with Crippen LogP contribution in [0.15, 0.2) is 0 Å². The van der Waals surface area contributed by atoms with Gasteiger partial charge in [-0.25, -0.2) is 4.79 Å². The highest BCUT2D eigenvalue weighted by Crippen LogP contribution is 2.51. The van der Waals surface area contributed by atoms with Gasteiger partial charge in [-0.3, -0.25) is 4.79 Å². The zero-order valence-electron chi connectivity index (χ0n) is 14.8. The van der Waals surface area contributed by atoms with Crippen LogP contribution in [0.3, 0.4) is 0 Å². The molecule has 1 N–H and O–H groups in total. The molecule has 0 spiro atoms. The molecule has 1 aliphatic rings. The Morgan fingerprint density at radius 3 is 2.30 bits per heavy atom. The molecule has 0 saturated heterocycles. The number of carbonyl (C=O) groups excluding carboxylic acids is 2. The van der Waals surface area contributed by atoms with Crippen molar-refractivity contribution < 1.29 is 19.1 Å². The second-order valence-electron chi connectivity index (χ2n) is 6.96. The Bertz CT molecular complexity index is 474. The van der Waals surface area contributed by atoms with Crippen molar-refractivity contribution in [2.24, 2.45) is 17.3 Å². The number of rotatable bonds is 7. The topological polar surface area (TPSA) is 88.4 Å². The number of amides is 1. The maximum atomic E-state index is 12.5. The fourth-order valence-corrected chi connectivity index (χ4v) is 2.83. The molecular formula is C17H28N2O4. The van der Waals surface area contributed by atoms with Crippen LogP contribution in [0, 0.1) is 28.6 Å². The van der Waals surface area contributed by atoms with Crippen LogP contribution in [0.25, 0.3) is 0 Å². The van der Waals surface area contributed by atoms with E-state index in [0.717, 1.165) is 12.8 Å². The number of carbonyl (C=O) groups is 2. The van der Waals surface area contributed by atoms with Crippen LogP contribution < -0.4 is 5.32 Å². The van der Waals surface area contributed by atoms with Gasteiger partial charge in [0, 0.05) is 12.5 Å². The molecule has 1 rings (SSSR count). The zero-order chi connectivity index (χ0) is 17.7. The highest BCUT2D eigenvalue weighted by atomic mass is 16.6. The number of nitrogens with one attached hydrogen (secondary N) is 1. The summed E-state index contributed by atoms with van der Waals surface area (Å²) in [6.45, 7) is 9.45. The summed E-state index contributed by atoms with van der Waals surface area (Å²) in [4.78, 5) is 24.3. The van der Waals surface area contributed by atoms with Crippen LogP contribution in [-0.2, 0) is 14.3 Å². The third-order valence-electron chi connectivity index (χ3n) is 4.05. The molecule has 23 heavy (non-hydrogen) atoms. The predicted molar refractivity (Wildman–Crippen MR) is 85.4 cm³/mol. The van der Waals surface area contributed by atoms with Crippen molar-refractivity contribution in [3.05, 3.63) is 0 Å². The number of alkyl carbamates (subject to hydrolysis) is 1. The second kappa shape index (κ2) is 7.67. The number of esters is 1. The van der Waals surface area contributed by atoms with Crippen LogP contribution in [0.4, 0.5) is 4.79 Å². The summed E-state index contributed by atoms with van der Waals surface area (Å²) in [6, 6.07) is 2.22. The van der Waals surface area contributed by atoms with E-state index >= 15 is 0 Å². The van der Waals surface area contributed by atoms with Gasteiger partial charge in [-0.2, -0.15) is 5.26 Å². The Balaban J connectivity index is 2.84. The van der Waals surface area contributed by atoms with Crippen molar-refractivity contribution in [3.8, 4) is 6.07 Å². The minimum atomic E-state index is -1.18. The Hall–Kier alpha value is -1.77. The van der Waals surface area contributed by atoms with Gasteiger partial charge in [0.15, 0.2) is 5.41 Å². The smallest absolute Gasteiger partial charge is 0.407 e. The molecule has 1 amide bonds. The van der Waals surface area contributed by atoms with Crippen molar-refractivity contribution in [1.82, 2.24) is 5.32 Å². The van der Waals surface area contributed by atoms with E-state index < -0.39 is 23.1 Å². The molecule has 0 heterocycles. The average Bonchev–Trinajstić information content (AvgIpc) is 3.26. The number of ether oxygens (including phenoxy) is 2. The number of hydrogen-bond acceptors (Lipinski definition) is 5. The first-order chi connectivity index (χ1) is 10.7. The Kier molecular flexibility index (Phi) is 6.43. The summed E-state index contributed by atoms with van der Waals surface area (Å²) in [5, 5.41) is 12.4. The summed E-state index contributed by atoms with van der Waals surface area (Å²) in [5.41, 5.74) is -1.77. The van der Waals surface area contributed by atoms with Gasteiger partial charge >= 0.3 is 12.1 Å². The van der Waals surface area contributed by atoms with Crippen molar-refractivity contribution >= 4 is 12.1 Å². The monoisotopic (exact) mass is 324 g/mol. The van der Waals surface area contributed by atoms with E-state index in [2.05, 4.69) is 11.4 Å². The molecule has 0 radical (unpaired) electrons. The molecule has 0 aromatic carbocycles. The molecule has 0 aromatic heterocycles. The Labute approximate surface area is 138 Å². The van der Waals surface area contributed by atoms with E-state index in [4.69, 9.17) is 9.47 Å². The molecule has 0 bridgehead atoms. The molecular weight excluding hydrogens is 296 g/mol. The van der Waals surface area contributed by atoms with E-state index in [1.165, 1.54) is 0 Å². The van der Waals surface area contributed by atoms with Crippen molar-refractivity contribution in [3.63, 3.8) is 0 Å². The molecule has 130 valence electrons. The van der Waals surface area contributed by atoms with E-state index in [1.54, 1.807) is 27.7 Å². The molecule has 6 heteroatoms. The normalized spacial score (nSPS) is 18.3. The van der Waals surface area contributed by atoms with Gasteiger partial charge < -0.3 is 14.8 Å². The number of nitriles is 1. The number of nitrogens with zero attached hydrogens (tertiary/aromatic N) is 1. The summed E-state index contributed by atoms with van der Waals surface area (Å²) >= 11 is 0. The summed E-state index contributed by atoms with van der Waals surface area (Å²) in [6.07, 6.45) is 1.74. The molecule has 6 nitrogen and oxygen atoms in total. The fourth-order valence-electron chi connectivity index (χ4n) is 2.83. The van der Waals surface area contributed by atoms with Crippen LogP contribution in [-0.4, -0.2) is 30.8 Å². The van der Waals surface area contributed by atoms with Gasteiger partial charge in [-0.1, -0.05) is 6.92 Å². The lowest BCUT2D eigenvalue weighted by atomic mass is 9.71. The molecule has 0 aromatic rings. The first-order valence-electron chi connectivity index (χ1n) is 8.26. The third kappa shape index (κ3) is 4.85. The van der Waals surface area contributed by atoms with Crippen molar-refractivity contribution in [2.45, 2.75) is 59.5 Å². The first-order valence-corrected chi connectivity index (χ1v) is 8.26. The molecule has 0 aliphatic heterocycles. The van der Waals surface area contributed by atoms with Gasteiger partial charge in [-0.15, -0.1) is 0 Å². The van der Waals surface area contributed by atoms with Gasteiger partial charge in [0.25, 0.3) is 0 Å². The predicted octanol–water partition coefficient (Wildman–Crippen LogP) is 3.02. The standard InChI is InChI=1S/C17H28N2O4/c1-6-12(10-19-15(21)23-16(3,4)5)17(11-18,13-8-9-13)14(20)22-7-2/h12-13H,6-10H2,1-5H3,(H,19,21). The van der Waals surface area contributed by atoms with Gasteiger partial charge in [0.05, 0.1) is 12.7 Å². The quantitative estimate of drug-likeness (QED) is 0.727. The first kappa shape index (κ1) is 19.3. The minimum Gasteiger partial charge on any atom is -0.465 e. The molecule has 1 fully saturated rings. The molecule has 1 saturated carbocycles. The minimum absolute atomic E-state index is 0.0111. The lowest BCUT2D eigenvalue weighted by molar-refractivity contribution is -0.156. The Morgan fingerprint density at radius 1 is 1.30 bits per heavy atom. The van der Waals surface area contributed by atoms with E-state index in [9.17, 15) is 14.9 Å². The third-order valence-corrected chi connectivity index (χ3v) is 4.05. The molecule has 1 aliphatic carbocycles.